The molecule has 3 nitrogen and oxygen atoms in total. The van der Waals surface area contributed by atoms with Gasteiger partial charge in [0.1, 0.15) is 11.6 Å². The summed E-state index contributed by atoms with van der Waals surface area (Å²) in [7, 11) is 0. The highest BCUT2D eigenvalue weighted by Gasteiger charge is 2.22. The van der Waals surface area contributed by atoms with Crippen molar-refractivity contribution in [3.63, 3.8) is 0 Å². The van der Waals surface area contributed by atoms with E-state index in [9.17, 15) is 4.39 Å². The molecule has 1 aliphatic rings. The number of aryl methyl sites for hydroxylation is 1. The SMILES string of the molecule is Cc1cnc(CN2Cc3cccc(F)c3C2)[nH]1. The molecule has 0 radical (unpaired) electrons. The summed E-state index contributed by atoms with van der Waals surface area (Å²) >= 11 is 0. The second-order valence-electron chi connectivity index (χ2n) is 4.54. The minimum atomic E-state index is -0.0966. The highest BCUT2D eigenvalue weighted by Crippen LogP contribution is 2.25. The molecule has 3 rings (SSSR count). The van der Waals surface area contributed by atoms with Gasteiger partial charge < -0.3 is 4.98 Å². The van der Waals surface area contributed by atoms with Gasteiger partial charge in [0.2, 0.25) is 0 Å². The molecule has 0 bridgehead atoms. The third kappa shape index (κ3) is 1.96. The molecule has 2 heterocycles. The first-order chi connectivity index (χ1) is 8.22. The minimum Gasteiger partial charge on any atom is -0.345 e. The van der Waals surface area contributed by atoms with Gasteiger partial charge in [-0.05, 0) is 18.6 Å². The molecule has 0 saturated carbocycles. The van der Waals surface area contributed by atoms with Crippen LogP contribution in [0.3, 0.4) is 0 Å². The normalized spacial score (nSPS) is 15.2. The molecular formula is C13H14FN3. The van der Waals surface area contributed by atoms with Gasteiger partial charge in [-0.2, -0.15) is 0 Å². The number of halogens is 1. The molecule has 0 spiro atoms. The maximum absolute atomic E-state index is 13.6. The number of nitrogens with one attached hydrogen (secondary N) is 1. The molecule has 0 atom stereocenters. The van der Waals surface area contributed by atoms with Crippen LogP contribution in [-0.4, -0.2) is 14.9 Å². The van der Waals surface area contributed by atoms with E-state index < -0.39 is 0 Å². The maximum Gasteiger partial charge on any atom is 0.128 e. The third-order valence-electron chi connectivity index (χ3n) is 3.12. The Morgan fingerprint density at radius 2 is 2.29 bits per heavy atom. The summed E-state index contributed by atoms with van der Waals surface area (Å²) in [5, 5.41) is 0. The summed E-state index contributed by atoms with van der Waals surface area (Å²) in [6, 6.07) is 5.29. The molecule has 17 heavy (non-hydrogen) atoms. The van der Waals surface area contributed by atoms with E-state index in [1.165, 1.54) is 6.07 Å². The zero-order chi connectivity index (χ0) is 11.8. The lowest BCUT2D eigenvalue weighted by molar-refractivity contribution is 0.267. The second kappa shape index (κ2) is 3.96. The molecule has 88 valence electrons. The van der Waals surface area contributed by atoms with Crippen LogP contribution in [0.1, 0.15) is 22.6 Å². The van der Waals surface area contributed by atoms with Crippen LogP contribution in [0.25, 0.3) is 0 Å². The minimum absolute atomic E-state index is 0.0966. The lowest BCUT2D eigenvalue weighted by Gasteiger charge is -2.12. The number of imidazole rings is 1. The lowest BCUT2D eigenvalue weighted by Crippen LogP contribution is -2.16. The highest BCUT2D eigenvalue weighted by molar-refractivity contribution is 5.31. The van der Waals surface area contributed by atoms with Crippen LogP contribution in [0.5, 0.6) is 0 Å². The number of hydrogen-bond acceptors (Lipinski definition) is 2. The zero-order valence-corrected chi connectivity index (χ0v) is 9.70. The van der Waals surface area contributed by atoms with Crippen LogP contribution in [-0.2, 0) is 19.6 Å². The highest BCUT2D eigenvalue weighted by atomic mass is 19.1. The van der Waals surface area contributed by atoms with E-state index >= 15 is 0 Å². The quantitative estimate of drug-likeness (QED) is 0.860. The Morgan fingerprint density at radius 1 is 1.41 bits per heavy atom. The third-order valence-corrected chi connectivity index (χ3v) is 3.12. The van der Waals surface area contributed by atoms with Crippen LogP contribution in [0.15, 0.2) is 24.4 Å². The predicted octanol–water partition coefficient (Wildman–Crippen LogP) is 2.37. The van der Waals surface area contributed by atoms with Crippen molar-refractivity contribution < 1.29 is 4.39 Å². The molecule has 0 saturated heterocycles. The van der Waals surface area contributed by atoms with Crippen molar-refractivity contribution in [2.24, 2.45) is 0 Å². The van der Waals surface area contributed by atoms with Gasteiger partial charge in [0, 0.05) is 30.5 Å². The van der Waals surface area contributed by atoms with Crippen molar-refractivity contribution in [1.29, 1.82) is 0 Å². The van der Waals surface area contributed by atoms with Crippen LogP contribution in [0, 0.1) is 12.7 Å². The number of benzene rings is 1. The second-order valence-corrected chi connectivity index (χ2v) is 4.54. The summed E-state index contributed by atoms with van der Waals surface area (Å²) in [6.07, 6.45) is 1.82. The van der Waals surface area contributed by atoms with Crippen molar-refractivity contribution in [3.05, 3.63) is 52.9 Å². The van der Waals surface area contributed by atoms with E-state index in [-0.39, 0.29) is 5.82 Å². The van der Waals surface area contributed by atoms with Crippen molar-refractivity contribution in [3.8, 4) is 0 Å². The smallest absolute Gasteiger partial charge is 0.128 e. The van der Waals surface area contributed by atoms with Gasteiger partial charge in [-0.1, -0.05) is 12.1 Å². The number of rotatable bonds is 2. The molecule has 4 heteroatoms. The summed E-state index contributed by atoms with van der Waals surface area (Å²) in [5.74, 6) is 0.844. The molecule has 0 unspecified atom stereocenters. The van der Waals surface area contributed by atoms with Crippen molar-refractivity contribution in [2.75, 3.05) is 0 Å². The van der Waals surface area contributed by atoms with E-state index in [0.29, 0.717) is 6.54 Å². The summed E-state index contributed by atoms with van der Waals surface area (Å²) in [6.45, 7) is 4.19. The first-order valence-corrected chi connectivity index (χ1v) is 5.71. The van der Waals surface area contributed by atoms with Crippen LogP contribution in [0.2, 0.25) is 0 Å². The molecule has 1 aliphatic heterocycles. The van der Waals surface area contributed by atoms with Crippen molar-refractivity contribution in [1.82, 2.24) is 14.9 Å². The fourth-order valence-corrected chi connectivity index (χ4v) is 2.32. The molecule has 1 aromatic heterocycles. The Labute approximate surface area is 99.3 Å². The molecule has 1 aromatic carbocycles. The molecule has 2 aromatic rings. The van der Waals surface area contributed by atoms with E-state index in [0.717, 1.165) is 35.7 Å². The van der Waals surface area contributed by atoms with Gasteiger partial charge in [0.25, 0.3) is 0 Å². The summed E-state index contributed by atoms with van der Waals surface area (Å²) < 4.78 is 13.6. The van der Waals surface area contributed by atoms with Crippen molar-refractivity contribution in [2.45, 2.75) is 26.6 Å². The first kappa shape index (κ1) is 10.5. The van der Waals surface area contributed by atoms with Gasteiger partial charge in [0.05, 0.1) is 6.54 Å². The predicted molar refractivity (Wildman–Crippen MR) is 62.7 cm³/mol. The monoisotopic (exact) mass is 231 g/mol. The molecule has 1 N–H and O–H groups in total. The Bertz CT molecular complexity index is 547. The van der Waals surface area contributed by atoms with Crippen LogP contribution < -0.4 is 0 Å². The van der Waals surface area contributed by atoms with E-state index in [1.54, 1.807) is 6.07 Å². The van der Waals surface area contributed by atoms with E-state index in [2.05, 4.69) is 14.9 Å². The summed E-state index contributed by atoms with van der Waals surface area (Å²) in [4.78, 5) is 9.66. The fourth-order valence-electron chi connectivity index (χ4n) is 2.32. The van der Waals surface area contributed by atoms with E-state index in [1.807, 2.05) is 19.2 Å². The average molecular weight is 231 g/mol. The Morgan fingerprint density at radius 3 is 3.00 bits per heavy atom. The van der Waals surface area contributed by atoms with Crippen LogP contribution >= 0.6 is 0 Å². The van der Waals surface area contributed by atoms with Gasteiger partial charge in [0.15, 0.2) is 0 Å². The van der Waals surface area contributed by atoms with Gasteiger partial charge >= 0.3 is 0 Å². The molecule has 0 amide bonds. The Balaban J connectivity index is 1.76. The standard InChI is InChI=1S/C13H14FN3/c1-9-5-15-13(16-9)8-17-6-10-3-2-4-12(14)11(10)7-17/h2-5H,6-8H2,1H3,(H,15,16). The van der Waals surface area contributed by atoms with Gasteiger partial charge in [-0.25, -0.2) is 9.37 Å². The number of aromatic nitrogens is 2. The van der Waals surface area contributed by atoms with Gasteiger partial charge in [-0.3, -0.25) is 4.90 Å². The van der Waals surface area contributed by atoms with Crippen molar-refractivity contribution >= 4 is 0 Å². The van der Waals surface area contributed by atoms with Gasteiger partial charge in [-0.15, -0.1) is 0 Å². The zero-order valence-electron chi connectivity index (χ0n) is 9.70. The fraction of sp³-hybridized carbons (Fsp3) is 0.308. The molecular weight excluding hydrogens is 217 g/mol. The maximum atomic E-state index is 13.6. The number of hydrogen-bond donors (Lipinski definition) is 1. The van der Waals surface area contributed by atoms with Crippen LogP contribution in [0.4, 0.5) is 4.39 Å². The average Bonchev–Trinajstić information content (AvgIpc) is 2.86. The number of fused-ring (bicyclic) bond motifs is 1. The largest absolute Gasteiger partial charge is 0.345 e. The molecule has 0 fully saturated rings. The number of nitrogens with zero attached hydrogens (tertiary/aromatic N) is 2. The topological polar surface area (TPSA) is 31.9 Å². The lowest BCUT2D eigenvalue weighted by atomic mass is 10.1. The Kier molecular flexibility index (Phi) is 2.44. The first-order valence-electron chi connectivity index (χ1n) is 5.71. The Hall–Kier alpha value is -1.68. The molecule has 0 aliphatic carbocycles. The number of aromatic amines is 1. The summed E-state index contributed by atoms with van der Waals surface area (Å²) in [5.41, 5.74) is 2.98. The van der Waals surface area contributed by atoms with E-state index in [4.69, 9.17) is 0 Å². The number of H-pyrrole nitrogens is 1.